The van der Waals surface area contributed by atoms with E-state index < -0.39 is 22.0 Å². The Balaban J connectivity index is 3.07. The lowest BCUT2D eigenvalue weighted by atomic mass is 10.1. The van der Waals surface area contributed by atoms with Gasteiger partial charge in [0.2, 0.25) is 10.0 Å². The summed E-state index contributed by atoms with van der Waals surface area (Å²) in [5, 5.41) is 9.03. The number of benzene rings is 1. The summed E-state index contributed by atoms with van der Waals surface area (Å²) >= 11 is 3.21. The molecular weight excluding hydrogens is 310 g/mol. The number of sulfonamides is 1. The van der Waals surface area contributed by atoms with Gasteiger partial charge in [-0.2, -0.15) is 4.72 Å². The molecule has 1 aromatic rings. The molecule has 0 aromatic heterocycles. The minimum Gasteiger partial charge on any atom is -0.480 e. The first-order chi connectivity index (χ1) is 7.85. The van der Waals surface area contributed by atoms with Crippen molar-refractivity contribution in [2.75, 3.05) is 5.75 Å². The molecule has 0 bridgehead atoms. The topological polar surface area (TPSA) is 83.5 Å². The lowest BCUT2D eigenvalue weighted by Crippen LogP contribution is -2.34. The van der Waals surface area contributed by atoms with E-state index in [4.69, 9.17) is 5.11 Å². The molecule has 1 aromatic carbocycles. The molecule has 0 spiro atoms. The Kier molecular flexibility index (Phi) is 4.67. The number of carbonyl (C=O) groups is 1. The Morgan fingerprint density at radius 3 is 2.65 bits per heavy atom. The highest BCUT2D eigenvalue weighted by molar-refractivity contribution is 9.10. The third-order valence-corrected chi connectivity index (χ3v) is 3.95. The predicted molar refractivity (Wildman–Crippen MR) is 67.1 cm³/mol. The summed E-state index contributed by atoms with van der Waals surface area (Å²) in [5.41, 5.74) is 0.379. The zero-order chi connectivity index (χ0) is 13.1. The third-order valence-electron chi connectivity index (χ3n) is 2.11. The number of nitrogens with one attached hydrogen (secondary N) is 1. The monoisotopic (exact) mass is 321 g/mol. The highest BCUT2D eigenvalue weighted by Gasteiger charge is 2.24. The van der Waals surface area contributed by atoms with Crippen LogP contribution in [0.2, 0.25) is 0 Å². The molecule has 17 heavy (non-hydrogen) atoms. The average molecular weight is 322 g/mol. The third kappa shape index (κ3) is 4.10. The molecule has 5 nitrogen and oxygen atoms in total. The lowest BCUT2D eigenvalue weighted by molar-refractivity contribution is -0.139. The molecule has 0 heterocycles. The van der Waals surface area contributed by atoms with Gasteiger partial charge in [0.15, 0.2) is 0 Å². The minimum absolute atomic E-state index is 0.162. The number of carboxylic acid groups (broad SMARTS) is 1. The molecular formula is C10H12BrNO4S. The fourth-order valence-corrected chi connectivity index (χ4v) is 2.39. The van der Waals surface area contributed by atoms with Crippen LogP contribution in [-0.2, 0) is 14.8 Å². The number of halogens is 1. The standard InChI is InChI=1S/C10H12BrNO4S/c1-2-17(15,16)12-9(10(13)14)7-4-3-5-8(11)6-7/h3-6,9,12H,2H2,1H3,(H,13,14). The van der Waals surface area contributed by atoms with Crippen molar-refractivity contribution in [1.82, 2.24) is 4.72 Å². The van der Waals surface area contributed by atoms with Crippen LogP contribution in [0.1, 0.15) is 18.5 Å². The van der Waals surface area contributed by atoms with Crippen LogP contribution < -0.4 is 4.72 Å². The van der Waals surface area contributed by atoms with Gasteiger partial charge in [0.1, 0.15) is 6.04 Å². The molecule has 0 aliphatic heterocycles. The van der Waals surface area contributed by atoms with Crippen LogP contribution in [0.25, 0.3) is 0 Å². The summed E-state index contributed by atoms with van der Waals surface area (Å²) in [6.07, 6.45) is 0. The second-order valence-electron chi connectivity index (χ2n) is 3.35. The molecule has 1 rings (SSSR count). The quantitative estimate of drug-likeness (QED) is 0.861. The van der Waals surface area contributed by atoms with Gasteiger partial charge in [-0.15, -0.1) is 0 Å². The van der Waals surface area contributed by atoms with Crippen molar-refractivity contribution in [2.45, 2.75) is 13.0 Å². The highest BCUT2D eigenvalue weighted by atomic mass is 79.9. The molecule has 0 saturated carbocycles. The molecule has 0 amide bonds. The summed E-state index contributed by atoms with van der Waals surface area (Å²) in [6.45, 7) is 1.45. The molecule has 2 N–H and O–H groups in total. The van der Waals surface area contributed by atoms with Gasteiger partial charge in [-0.05, 0) is 24.6 Å². The van der Waals surface area contributed by atoms with Gasteiger partial charge < -0.3 is 5.11 Å². The smallest absolute Gasteiger partial charge is 0.326 e. The van der Waals surface area contributed by atoms with Gasteiger partial charge in [0.05, 0.1) is 5.75 Å². The van der Waals surface area contributed by atoms with Crippen LogP contribution in [0.5, 0.6) is 0 Å². The normalized spacial score (nSPS) is 13.3. The molecule has 0 aliphatic rings. The fourth-order valence-electron chi connectivity index (χ4n) is 1.21. The Morgan fingerprint density at radius 2 is 2.18 bits per heavy atom. The van der Waals surface area contributed by atoms with Crippen LogP contribution in [-0.4, -0.2) is 25.2 Å². The first-order valence-electron chi connectivity index (χ1n) is 4.84. The van der Waals surface area contributed by atoms with E-state index in [1.807, 2.05) is 0 Å². The first-order valence-corrected chi connectivity index (χ1v) is 7.28. The average Bonchev–Trinajstić information content (AvgIpc) is 2.25. The fraction of sp³-hybridized carbons (Fsp3) is 0.300. The van der Waals surface area contributed by atoms with Crippen LogP contribution in [0.15, 0.2) is 28.7 Å². The van der Waals surface area contributed by atoms with Crippen molar-refractivity contribution in [1.29, 1.82) is 0 Å². The largest absolute Gasteiger partial charge is 0.480 e. The van der Waals surface area contributed by atoms with E-state index in [-0.39, 0.29) is 5.75 Å². The van der Waals surface area contributed by atoms with Crippen LogP contribution in [0.4, 0.5) is 0 Å². The van der Waals surface area contributed by atoms with Crippen LogP contribution in [0.3, 0.4) is 0 Å². The number of hydrogen-bond acceptors (Lipinski definition) is 3. The predicted octanol–water partition coefficient (Wildman–Crippen LogP) is 1.51. The maximum Gasteiger partial charge on any atom is 0.326 e. The Bertz CT molecular complexity index is 515. The molecule has 7 heteroatoms. The van der Waals surface area contributed by atoms with Gasteiger partial charge in [-0.1, -0.05) is 28.1 Å². The maximum atomic E-state index is 11.4. The van der Waals surface area contributed by atoms with Crippen molar-refractivity contribution in [3.05, 3.63) is 34.3 Å². The number of hydrogen-bond donors (Lipinski definition) is 2. The Hall–Kier alpha value is -0.920. The van der Waals surface area contributed by atoms with E-state index >= 15 is 0 Å². The van der Waals surface area contributed by atoms with Crippen molar-refractivity contribution in [3.8, 4) is 0 Å². The minimum atomic E-state index is -3.57. The number of carboxylic acids is 1. The number of aliphatic carboxylic acids is 1. The zero-order valence-electron chi connectivity index (χ0n) is 9.05. The molecule has 94 valence electrons. The summed E-state index contributed by atoms with van der Waals surface area (Å²) in [6, 6.07) is 5.24. The Labute approximate surface area is 108 Å². The zero-order valence-corrected chi connectivity index (χ0v) is 11.5. The summed E-state index contributed by atoms with van der Waals surface area (Å²) in [5.74, 6) is -1.40. The van der Waals surface area contributed by atoms with E-state index in [1.54, 1.807) is 24.3 Å². The van der Waals surface area contributed by atoms with Crippen LogP contribution >= 0.6 is 15.9 Å². The molecule has 0 radical (unpaired) electrons. The first kappa shape index (κ1) is 14.1. The van der Waals surface area contributed by atoms with E-state index in [9.17, 15) is 13.2 Å². The van der Waals surface area contributed by atoms with Gasteiger partial charge in [0.25, 0.3) is 0 Å². The SMILES string of the molecule is CCS(=O)(=O)NC(C(=O)O)c1cccc(Br)c1. The second kappa shape index (κ2) is 5.61. The summed E-state index contributed by atoms with van der Waals surface area (Å²) in [7, 11) is -3.57. The van der Waals surface area contributed by atoms with Crippen LogP contribution in [0, 0.1) is 0 Å². The molecule has 0 fully saturated rings. The number of rotatable bonds is 5. The van der Waals surface area contributed by atoms with Gasteiger partial charge >= 0.3 is 5.97 Å². The summed E-state index contributed by atoms with van der Waals surface area (Å²) in [4.78, 5) is 11.1. The van der Waals surface area contributed by atoms with Gasteiger partial charge in [-0.25, -0.2) is 8.42 Å². The second-order valence-corrected chi connectivity index (χ2v) is 6.31. The highest BCUT2D eigenvalue weighted by Crippen LogP contribution is 2.19. The molecule has 0 aliphatic carbocycles. The van der Waals surface area contributed by atoms with E-state index in [2.05, 4.69) is 20.7 Å². The maximum absolute atomic E-state index is 11.4. The molecule has 1 unspecified atom stereocenters. The van der Waals surface area contributed by atoms with Crippen molar-refractivity contribution in [3.63, 3.8) is 0 Å². The van der Waals surface area contributed by atoms with E-state index in [0.29, 0.717) is 10.0 Å². The van der Waals surface area contributed by atoms with Crippen molar-refractivity contribution < 1.29 is 18.3 Å². The summed E-state index contributed by atoms with van der Waals surface area (Å²) < 4.78 is 25.6. The van der Waals surface area contributed by atoms with Crippen molar-refractivity contribution >= 4 is 31.9 Å². The van der Waals surface area contributed by atoms with E-state index in [0.717, 1.165) is 0 Å². The van der Waals surface area contributed by atoms with Gasteiger partial charge in [-0.3, -0.25) is 4.79 Å². The molecule has 1 atom stereocenters. The van der Waals surface area contributed by atoms with E-state index in [1.165, 1.54) is 6.92 Å². The Morgan fingerprint density at radius 1 is 1.53 bits per heavy atom. The van der Waals surface area contributed by atoms with Crippen molar-refractivity contribution in [2.24, 2.45) is 0 Å². The van der Waals surface area contributed by atoms with Gasteiger partial charge in [0, 0.05) is 4.47 Å². The molecule has 0 saturated heterocycles. The lowest BCUT2D eigenvalue weighted by Gasteiger charge is -2.14.